The second-order valence-corrected chi connectivity index (χ2v) is 4.43. The molecule has 1 aromatic carbocycles. The van der Waals surface area contributed by atoms with Crippen molar-refractivity contribution < 1.29 is 14.3 Å². The Morgan fingerprint density at radius 3 is 2.81 bits per heavy atom. The van der Waals surface area contributed by atoms with Gasteiger partial charge in [0.2, 0.25) is 5.88 Å². The molecule has 1 amide bonds. The summed E-state index contributed by atoms with van der Waals surface area (Å²) in [6.07, 6.45) is 0. The standard InChI is InChI=1S/C14H14ClN3O3/c1-2-20-8-12-17-11(15)7-13(18-12)21-10-6-4-3-5-9(10)14(16)19/h3-7H,2,8H2,1H3,(H2,16,19). The van der Waals surface area contributed by atoms with Crippen molar-refractivity contribution in [3.63, 3.8) is 0 Å². The normalized spacial score (nSPS) is 10.4. The van der Waals surface area contributed by atoms with Crippen LogP contribution in [0.1, 0.15) is 23.1 Å². The number of aromatic nitrogens is 2. The van der Waals surface area contributed by atoms with Crippen LogP contribution in [0.3, 0.4) is 0 Å². The first-order valence-corrected chi connectivity index (χ1v) is 6.66. The highest BCUT2D eigenvalue weighted by atomic mass is 35.5. The first-order valence-electron chi connectivity index (χ1n) is 6.28. The number of nitrogens with two attached hydrogens (primary N) is 1. The van der Waals surface area contributed by atoms with Gasteiger partial charge >= 0.3 is 0 Å². The molecule has 0 spiro atoms. The molecule has 0 aliphatic heterocycles. The van der Waals surface area contributed by atoms with Gasteiger partial charge in [-0.05, 0) is 19.1 Å². The fourth-order valence-electron chi connectivity index (χ4n) is 1.62. The summed E-state index contributed by atoms with van der Waals surface area (Å²) < 4.78 is 10.8. The van der Waals surface area contributed by atoms with Crippen molar-refractivity contribution in [1.29, 1.82) is 0 Å². The van der Waals surface area contributed by atoms with Crippen LogP contribution in [0.4, 0.5) is 0 Å². The van der Waals surface area contributed by atoms with Gasteiger partial charge in [0.25, 0.3) is 5.91 Å². The van der Waals surface area contributed by atoms with E-state index in [0.29, 0.717) is 18.2 Å². The van der Waals surface area contributed by atoms with Gasteiger partial charge in [0, 0.05) is 12.7 Å². The molecule has 0 unspecified atom stereocenters. The Balaban J connectivity index is 2.27. The molecule has 0 atom stereocenters. The molecular formula is C14H14ClN3O3. The van der Waals surface area contributed by atoms with Crippen molar-refractivity contribution in [2.45, 2.75) is 13.5 Å². The van der Waals surface area contributed by atoms with Gasteiger partial charge < -0.3 is 15.2 Å². The molecule has 2 aromatic rings. The van der Waals surface area contributed by atoms with Gasteiger partial charge in [0.1, 0.15) is 17.5 Å². The van der Waals surface area contributed by atoms with E-state index in [0.717, 1.165) is 0 Å². The average molecular weight is 308 g/mol. The van der Waals surface area contributed by atoms with Crippen molar-refractivity contribution >= 4 is 17.5 Å². The van der Waals surface area contributed by atoms with E-state index >= 15 is 0 Å². The maximum atomic E-state index is 11.4. The Morgan fingerprint density at radius 2 is 2.10 bits per heavy atom. The van der Waals surface area contributed by atoms with Gasteiger partial charge in [0.15, 0.2) is 5.82 Å². The van der Waals surface area contributed by atoms with Crippen molar-refractivity contribution in [1.82, 2.24) is 9.97 Å². The average Bonchev–Trinajstić information content (AvgIpc) is 2.45. The third kappa shape index (κ3) is 4.14. The second kappa shape index (κ2) is 7.01. The third-order valence-electron chi connectivity index (χ3n) is 2.52. The summed E-state index contributed by atoms with van der Waals surface area (Å²) in [5.74, 6) is 0.344. The number of halogens is 1. The lowest BCUT2D eigenvalue weighted by Gasteiger charge is -2.09. The predicted molar refractivity (Wildman–Crippen MR) is 77.4 cm³/mol. The van der Waals surface area contributed by atoms with Gasteiger partial charge in [0.05, 0.1) is 5.56 Å². The number of ether oxygens (including phenoxy) is 2. The van der Waals surface area contributed by atoms with Crippen molar-refractivity contribution in [2.75, 3.05) is 6.61 Å². The second-order valence-electron chi connectivity index (χ2n) is 4.04. The summed E-state index contributed by atoms with van der Waals surface area (Å²) in [5.41, 5.74) is 5.56. The van der Waals surface area contributed by atoms with Crippen LogP contribution in [-0.2, 0) is 11.3 Å². The molecule has 0 bridgehead atoms. The Labute approximate surface area is 126 Å². The van der Waals surface area contributed by atoms with E-state index < -0.39 is 5.91 Å². The van der Waals surface area contributed by atoms with Gasteiger partial charge in [-0.1, -0.05) is 23.7 Å². The van der Waals surface area contributed by atoms with E-state index in [1.165, 1.54) is 6.07 Å². The molecule has 110 valence electrons. The Morgan fingerprint density at radius 1 is 1.33 bits per heavy atom. The lowest BCUT2D eigenvalue weighted by molar-refractivity contribution is 0.0998. The number of primary amides is 1. The van der Waals surface area contributed by atoms with Crippen molar-refractivity contribution in [3.05, 3.63) is 46.9 Å². The zero-order valence-electron chi connectivity index (χ0n) is 11.4. The third-order valence-corrected chi connectivity index (χ3v) is 2.71. The van der Waals surface area contributed by atoms with E-state index in [9.17, 15) is 4.79 Å². The fraction of sp³-hybridized carbons (Fsp3) is 0.214. The summed E-state index contributed by atoms with van der Waals surface area (Å²) in [4.78, 5) is 19.6. The van der Waals surface area contributed by atoms with Crippen LogP contribution < -0.4 is 10.5 Å². The number of rotatable bonds is 6. The summed E-state index contributed by atoms with van der Waals surface area (Å²) >= 11 is 5.92. The molecule has 0 saturated heterocycles. The van der Waals surface area contributed by atoms with Crippen molar-refractivity contribution in [3.8, 4) is 11.6 Å². The fourth-order valence-corrected chi connectivity index (χ4v) is 1.81. The number of amides is 1. The smallest absolute Gasteiger partial charge is 0.252 e. The maximum absolute atomic E-state index is 11.4. The minimum Gasteiger partial charge on any atom is -0.438 e. The largest absolute Gasteiger partial charge is 0.438 e. The first kappa shape index (κ1) is 15.2. The monoisotopic (exact) mass is 307 g/mol. The molecule has 1 aromatic heterocycles. The van der Waals surface area contributed by atoms with E-state index in [4.69, 9.17) is 26.8 Å². The number of para-hydroxylation sites is 1. The van der Waals surface area contributed by atoms with Gasteiger partial charge in [-0.15, -0.1) is 0 Å². The van der Waals surface area contributed by atoms with Crippen LogP contribution in [0.25, 0.3) is 0 Å². The molecule has 6 nitrogen and oxygen atoms in total. The lowest BCUT2D eigenvalue weighted by atomic mass is 10.2. The molecule has 0 aliphatic rings. The molecular weight excluding hydrogens is 294 g/mol. The molecule has 0 fully saturated rings. The number of carbonyl (C=O) groups is 1. The topological polar surface area (TPSA) is 87.3 Å². The highest BCUT2D eigenvalue weighted by Gasteiger charge is 2.11. The maximum Gasteiger partial charge on any atom is 0.252 e. The summed E-state index contributed by atoms with van der Waals surface area (Å²) in [5, 5.41) is 0.228. The summed E-state index contributed by atoms with van der Waals surface area (Å²) in [6, 6.07) is 8.07. The minimum absolute atomic E-state index is 0.221. The van der Waals surface area contributed by atoms with Crippen molar-refractivity contribution in [2.24, 2.45) is 5.73 Å². The predicted octanol–water partition coefficient (Wildman–Crippen LogP) is 2.56. The van der Waals surface area contributed by atoms with Gasteiger partial charge in [-0.2, -0.15) is 4.98 Å². The molecule has 7 heteroatoms. The van der Waals surface area contributed by atoms with Crippen LogP contribution in [0.5, 0.6) is 11.6 Å². The number of nitrogens with zero attached hydrogens (tertiary/aromatic N) is 2. The summed E-state index contributed by atoms with van der Waals surface area (Å²) in [7, 11) is 0. The lowest BCUT2D eigenvalue weighted by Crippen LogP contribution is -2.12. The van der Waals surface area contributed by atoms with E-state index in [1.54, 1.807) is 24.3 Å². The Kier molecular flexibility index (Phi) is 5.08. The van der Waals surface area contributed by atoms with E-state index in [-0.39, 0.29) is 23.2 Å². The number of benzene rings is 1. The zero-order valence-corrected chi connectivity index (χ0v) is 12.1. The first-order chi connectivity index (χ1) is 10.1. The molecule has 0 saturated carbocycles. The van der Waals surface area contributed by atoms with Gasteiger partial charge in [-0.3, -0.25) is 4.79 Å². The SMILES string of the molecule is CCOCc1nc(Cl)cc(Oc2ccccc2C(N)=O)n1. The molecule has 2 N–H and O–H groups in total. The van der Waals surface area contributed by atoms with Crippen LogP contribution in [-0.4, -0.2) is 22.5 Å². The molecule has 0 radical (unpaired) electrons. The Bertz CT molecular complexity index is 649. The van der Waals surface area contributed by atoms with E-state index in [2.05, 4.69) is 9.97 Å². The highest BCUT2D eigenvalue weighted by Crippen LogP contribution is 2.25. The van der Waals surface area contributed by atoms with Gasteiger partial charge in [-0.25, -0.2) is 4.98 Å². The number of carbonyl (C=O) groups excluding carboxylic acids is 1. The van der Waals surface area contributed by atoms with Crippen LogP contribution in [0.2, 0.25) is 5.15 Å². The highest BCUT2D eigenvalue weighted by molar-refractivity contribution is 6.29. The molecule has 2 rings (SSSR count). The molecule has 0 aliphatic carbocycles. The molecule has 21 heavy (non-hydrogen) atoms. The van der Waals surface area contributed by atoms with Crippen LogP contribution >= 0.6 is 11.6 Å². The number of hydrogen-bond donors (Lipinski definition) is 1. The molecule has 1 heterocycles. The van der Waals surface area contributed by atoms with Crippen LogP contribution in [0, 0.1) is 0 Å². The van der Waals surface area contributed by atoms with Crippen LogP contribution in [0.15, 0.2) is 30.3 Å². The Hall–Kier alpha value is -2.18. The minimum atomic E-state index is -0.583. The quantitative estimate of drug-likeness (QED) is 0.829. The number of hydrogen-bond acceptors (Lipinski definition) is 5. The zero-order chi connectivity index (χ0) is 15.2. The van der Waals surface area contributed by atoms with E-state index in [1.807, 2.05) is 6.92 Å². The summed E-state index contributed by atoms with van der Waals surface area (Å²) in [6.45, 7) is 2.63.